The highest BCUT2D eigenvalue weighted by molar-refractivity contribution is 5.95. The molecule has 2 aromatic rings. The van der Waals surface area contributed by atoms with Gasteiger partial charge in [-0.1, -0.05) is 13.8 Å². The highest BCUT2D eigenvalue weighted by Gasteiger charge is 2.18. The van der Waals surface area contributed by atoms with E-state index in [1.54, 1.807) is 30.5 Å². The highest BCUT2D eigenvalue weighted by atomic mass is 16.3. The molecule has 0 spiro atoms. The van der Waals surface area contributed by atoms with Crippen LogP contribution < -0.4 is 10.6 Å². The summed E-state index contributed by atoms with van der Waals surface area (Å²) in [5, 5.41) is 5.67. The number of rotatable bonds is 10. The minimum atomic E-state index is -0.305. The van der Waals surface area contributed by atoms with Crippen LogP contribution in [0.1, 0.15) is 48.8 Å². The molecule has 0 bridgehead atoms. The Kier molecular flexibility index (Phi) is 8.73. The summed E-state index contributed by atoms with van der Waals surface area (Å²) < 4.78 is 5.45. The number of furan rings is 1. The average Bonchev–Trinajstić information content (AvgIpc) is 3.22. The van der Waals surface area contributed by atoms with Crippen molar-refractivity contribution in [3.63, 3.8) is 0 Å². The number of anilines is 1. The summed E-state index contributed by atoms with van der Waals surface area (Å²) in [7, 11) is 3.87. The fraction of sp³-hybridized carbons (Fsp3) is 0.455. The Labute approximate surface area is 173 Å². The molecule has 0 fully saturated rings. The van der Waals surface area contributed by atoms with E-state index in [0.717, 1.165) is 31.7 Å². The number of hydrogen-bond donors (Lipinski definition) is 2. The number of hydrogen-bond acceptors (Lipinski definition) is 4. The first kappa shape index (κ1) is 22.5. The molecule has 2 rings (SSSR count). The van der Waals surface area contributed by atoms with Gasteiger partial charge in [-0.2, -0.15) is 0 Å². The van der Waals surface area contributed by atoms with E-state index in [9.17, 15) is 9.59 Å². The van der Waals surface area contributed by atoms with Crippen LogP contribution in [0, 0.1) is 0 Å². The Morgan fingerprint density at radius 1 is 1.03 bits per heavy atom. The molecule has 7 nitrogen and oxygen atoms in total. The molecule has 0 saturated carbocycles. The van der Waals surface area contributed by atoms with Gasteiger partial charge in [0, 0.05) is 30.9 Å². The van der Waals surface area contributed by atoms with Crippen molar-refractivity contribution >= 4 is 17.6 Å². The second-order valence-electron chi connectivity index (χ2n) is 7.20. The van der Waals surface area contributed by atoms with Crippen LogP contribution >= 0.6 is 0 Å². The number of amides is 3. The lowest BCUT2D eigenvalue weighted by Gasteiger charge is -2.22. The van der Waals surface area contributed by atoms with E-state index < -0.39 is 0 Å². The van der Waals surface area contributed by atoms with Gasteiger partial charge in [-0.05, 0) is 63.3 Å². The van der Waals surface area contributed by atoms with Gasteiger partial charge in [-0.15, -0.1) is 0 Å². The zero-order valence-corrected chi connectivity index (χ0v) is 17.8. The Hall–Kier alpha value is -2.80. The van der Waals surface area contributed by atoms with E-state index >= 15 is 0 Å². The topological polar surface area (TPSA) is 77.8 Å². The number of urea groups is 1. The minimum absolute atomic E-state index is 0.0250. The summed E-state index contributed by atoms with van der Waals surface area (Å²) in [4.78, 5) is 28.7. The maximum Gasteiger partial charge on any atom is 0.319 e. The molecule has 29 heavy (non-hydrogen) atoms. The lowest BCUT2D eigenvalue weighted by atomic mass is 10.1. The van der Waals surface area contributed by atoms with Crippen molar-refractivity contribution < 1.29 is 14.0 Å². The van der Waals surface area contributed by atoms with Crippen molar-refractivity contribution in [3.05, 3.63) is 54.0 Å². The second-order valence-corrected chi connectivity index (χ2v) is 7.20. The SMILES string of the molecule is CCCN(CCC)C(=O)c1ccc(NC(=O)NCC(c2ccco2)N(C)C)cc1. The van der Waals surface area contributed by atoms with Gasteiger partial charge in [0.15, 0.2) is 0 Å². The van der Waals surface area contributed by atoms with E-state index in [2.05, 4.69) is 24.5 Å². The van der Waals surface area contributed by atoms with Gasteiger partial charge in [0.25, 0.3) is 5.91 Å². The second kappa shape index (κ2) is 11.3. The molecular weight excluding hydrogens is 368 g/mol. The zero-order valence-electron chi connectivity index (χ0n) is 17.8. The van der Waals surface area contributed by atoms with E-state index in [1.807, 2.05) is 36.0 Å². The van der Waals surface area contributed by atoms with Crippen LogP contribution in [0.5, 0.6) is 0 Å². The normalized spacial score (nSPS) is 11.9. The summed E-state index contributed by atoms with van der Waals surface area (Å²) in [6, 6.07) is 10.4. The summed E-state index contributed by atoms with van der Waals surface area (Å²) in [5.41, 5.74) is 1.26. The average molecular weight is 401 g/mol. The molecule has 0 radical (unpaired) electrons. The molecule has 2 N–H and O–H groups in total. The lowest BCUT2D eigenvalue weighted by molar-refractivity contribution is 0.0755. The van der Waals surface area contributed by atoms with Gasteiger partial charge in [0.05, 0.1) is 12.3 Å². The third-order valence-corrected chi connectivity index (χ3v) is 4.61. The van der Waals surface area contributed by atoms with Gasteiger partial charge in [0.2, 0.25) is 0 Å². The Bertz CT molecular complexity index is 751. The Morgan fingerprint density at radius 2 is 1.69 bits per heavy atom. The van der Waals surface area contributed by atoms with Gasteiger partial charge in [-0.3, -0.25) is 9.69 Å². The standard InChI is InChI=1S/C22H32N4O3/c1-5-13-26(14-6-2)21(27)17-9-11-18(12-10-17)24-22(28)23-16-19(25(3)4)20-8-7-15-29-20/h7-12,15,19H,5-6,13-14,16H2,1-4H3,(H2,23,24,28). The third kappa shape index (κ3) is 6.64. The molecule has 3 amide bonds. The number of benzene rings is 1. The van der Waals surface area contributed by atoms with Crippen LogP contribution in [0.4, 0.5) is 10.5 Å². The smallest absolute Gasteiger partial charge is 0.319 e. The quantitative estimate of drug-likeness (QED) is 0.633. The largest absolute Gasteiger partial charge is 0.468 e. The molecule has 1 aromatic carbocycles. The fourth-order valence-corrected chi connectivity index (χ4v) is 3.12. The minimum Gasteiger partial charge on any atom is -0.468 e. The van der Waals surface area contributed by atoms with Crippen LogP contribution in [0.15, 0.2) is 47.1 Å². The number of nitrogens with one attached hydrogen (secondary N) is 2. The number of carbonyl (C=O) groups is 2. The molecular formula is C22H32N4O3. The van der Waals surface area contributed by atoms with Gasteiger partial charge < -0.3 is 20.0 Å². The van der Waals surface area contributed by atoms with Crippen molar-refractivity contribution in [2.75, 3.05) is 39.0 Å². The molecule has 1 unspecified atom stereocenters. The zero-order chi connectivity index (χ0) is 21.2. The Morgan fingerprint density at radius 3 is 2.21 bits per heavy atom. The molecule has 1 atom stereocenters. The first-order chi connectivity index (χ1) is 14.0. The monoisotopic (exact) mass is 400 g/mol. The fourth-order valence-electron chi connectivity index (χ4n) is 3.12. The van der Waals surface area contributed by atoms with Crippen LogP contribution in [0.2, 0.25) is 0 Å². The summed E-state index contributed by atoms with van der Waals surface area (Å²) >= 11 is 0. The van der Waals surface area contributed by atoms with Gasteiger partial charge in [0.1, 0.15) is 5.76 Å². The summed E-state index contributed by atoms with van der Waals surface area (Å²) in [6.07, 6.45) is 3.48. The predicted octanol–water partition coefficient (Wildman–Crippen LogP) is 3.97. The summed E-state index contributed by atoms with van der Waals surface area (Å²) in [5.74, 6) is 0.818. The number of likely N-dealkylation sites (N-methyl/N-ethyl adjacent to an activating group) is 1. The van der Waals surface area contributed by atoms with Gasteiger partial charge >= 0.3 is 6.03 Å². The molecule has 158 valence electrons. The maximum atomic E-state index is 12.6. The lowest BCUT2D eigenvalue weighted by Crippen LogP contribution is -2.36. The van der Waals surface area contributed by atoms with E-state index in [4.69, 9.17) is 4.42 Å². The molecule has 0 saturated heterocycles. The van der Waals surface area contributed by atoms with Crippen LogP contribution in [0.25, 0.3) is 0 Å². The van der Waals surface area contributed by atoms with Crippen molar-refractivity contribution in [2.45, 2.75) is 32.7 Å². The molecule has 0 aliphatic heterocycles. The van der Waals surface area contributed by atoms with Crippen molar-refractivity contribution in [1.29, 1.82) is 0 Å². The molecule has 0 aliphatic rings. The molecule has 1 heterocycles. The predicted molar refractivity (Wildman–Crippen MR) is 115 cm³/mol. The number of carbonyl (C=O) groups excluding carboxylic acids is 2. The van der Waals surface area contributed by atoms with Crippen molar-refractivity contribution in [1.82, 2.24) is 15.1 Å². The van der Waals surface area contributed by atoms with Crippen LogP contribution in [-0.4, -0.2) is 55.5 Å². The maximum absolute atomic E-state index is 12.6. The van der Waals surface area contributed by atoms with Crippen molar-refractivity contribution in [2.24, 2.45) is 0 Å². The van der Waals surface area contributed by atoms with Crippen LogP contribution in [-0.2, 0) is 0 Å². The molecule has 7 heteroatoms. The third-order valence-electron chi connectivity index (χ3n) is 4.61. The number of nitrogens with zero attached hydrogens (tertiary/aromatic N) is 2. The van der Waals surface area contributed by atoms with E-state index in [0.29, 0.717) is 17.8 Å². The van der Waals surface area contributed by atoms with Crippen molar-refractivity contribution in [3.8, 4) is 0 Å². The van der Waals surface area contributed by atoms with Crippen LogP contribution in [0.3, 0.4) is 0 Å². The summed E-state index contributed by atoms with van der Waals surface area (Å²) in [6.45, 7) is 6.03. The van der Waals surface area contributed by atoms with Gasteiger partial charge in [-0.25, -0.2) is 4.79 Å². The van der Waals surface area contributed by atoms with E-state index in [-0.39, 0.29) is 18.0 Å². The molecule has 1 aromatic heterocycles. The van der Waals surface area contributed by atoms with E-state index in [1.165, 1.54) is 0 Å². The highest BCUT2D eigenvalue weighted by Crippen LogP contribution is 2.18. The molecule has 0 aliphatic carbocycles. The first-order valence-electron chi connectivity index (χ1n) is 10.1. The Balaban J connectivity index is 1.91. The first-order valence-corrected chi connectivity index (χ1v) is 10.1.